The standard InChI is InChI=1S/C15H24O/c1-7-10(2)14(16)13-12(4)11(3)8-9-15(13,5)6/h7,13H,8-9H2,1-6H3. The molecule has 1 unspecified atom stereocenters. The highest BCUT2D eigenvalue weighted by molar-refractivity contribution is 5.99. The van der Waals surface area contributed by atoms with Crippen LogP contribution in [0.4, 0.5) is 0 Å². The highest BCUT2D eigenvalue weighted by Crippen LogP contribution is 2.44. The van der Waals surface area contributed by atoms with E-state index in [4.69, 9.17) is 0 Å². The highest BCUT2D eigenvalue weighted by atomic mass is 16.1. The van der Waals surface area contributed by atoms with Crippen LogP contribution in [0.3, 0.4) is 0 Å². The zero-order valence-corrected chi connectivity index (χ0v) is 11.5. The predicted molar refractivity (Wildman–Crippen MR) is 69.3 cm³/mol. The minimum absolute atomic E-state index is 0.0810. The van der Waals surface area contributed by atoms with Crippen molar-refractivity contribution < 1.29 is 4.79 Å². The van der Waals surface area contributed by atoms with Crippen molar-refractivity contribution in [2.24, 2.45) is 11.3 Å². The summed E-state index contributed by atoms with van der Waals surface area (Å²) in [6, 6.07) is 0. The largest absolute Gasteiger partial charge is 0.294 e. The molecule has 0 saturated heterocycles. The third-order valence-corrected chi connectivity index (χ3v) is 4.12. The molecule has 1 aliphatic carbocycles. The van der Waals surface area contributed by atoms with Gasteiger partial charge in [-0.15, -0.1) is 0 Å². The zero-order valence-electron chi connectivity index (χ0n) is 11.5. The van der Waals surface area contributed by atoms with Gasteiger partial charge in [0.25, 0.3) is 0 Å². The van der Waals surface area contributed by atoms with Crippen LogP contribution in [-0.4, -0.2) is 5.78 Å². The van der Waals surface area contributed by atoms with Gasteiger partial charge >= 0.3 is 0 Å². The summed E-state index contributed by atoms with van der Waals surface area (Å²) in [7, 11) is 0. The Hall–Kier alpha value is -0.850. The summed E-state index contributed by atoms with van der Waals surface area (Å²) in [5.74, 6) is 0.390. The van der Waals surface area contributed by atoms with Crippen molar-refractivity contribution in [3.8, 4) is 0 Å². The van der Waals surface area contributed by atoms with E-state index in [1.54, 1.807) is 0 Å². The van der Waals surface area contributed by atoms with E-state index in [1.807, 2.05) is 19.9 Å². The normalized spacial score (nSPS) is 25.9. The summed E-state index contributed by atoms with van der Waals surface area (Å²) in [6.07, 6.45) is 4.18. The van der Waals surface area contributed by atoms with E-state index in [0.29, 0.717) is 5.78 Å². The van der Waals surface area contributed by atoms with Gasteiger partial charge in [-0.3, -0.25) is 4.79 Å². The molecule has 0 bridgehead atoms. The summed E-state index contributed by atoms with van der Waals surface area (Å²) in [5.41, 5.74) is 3.70. The van der Waals surface area contributed by atoms with Gasteiger partial charge in [-0.1, -0.05) is 31.1 Å². The average molecular weight is 220 g/mol. The first-order chi connectivity index (χ1) is 7.31. The Balaban J connectivity index is 3.16. The molecule has 0 fully saturated rings. The maximum atomic E-state index is 12.4. The summed E-state index contributed by atoms with van der Waals surface area (Å²) in [6.45, 7) is 12.6. The molecule has 0 aliphatic heterocycles. The van der Waals surface area contributed by atoms with Crippen molar-refractivity contribution in [3.63, 3.8) is 0 Å². The molecule has 0 N–H and O–H groups in total. The maximum absolute atomic E-state index is 12.4. The molecule has 1 nitrogen and oxygen atoms in total. The van der Waals surface area contributed by atoms with Crippen molar-refractivity contribution >= 4 is 5.78 Å². The number of carbonyl (C=O) groups excluding carboxylic acids is 1. The molecule has 0 heterocycles. The second-order valence-electron chi connectivity index (χ2n) is 5.72. The Morgan fingerprint density at radius 3 is 2.44 bits per heavy atom. The lowest BCUT2D eigenvalue weighted by atomic mass is 9.64. The molecule has 90 valence electrons. The number of allylic oxidation sites excluding steroid dienone is 4. The van der Waals surface area contributed by atoms with Gasteiger partial charge in [-0.05, 0) is 51.5 Å². The lowest BCUT2D eigenvalue weighted by Gasteiger charge is -2.39. The minimum Gasteiger partial charge on any atom is -0.294 e. The van der Waals surface area contributed by atoms with Gasteiger partial charge in [0.15, 0.2) is 5.78 Å². The summed E-state index contributed by atoms with van der Waals surface area (Å²) >= 11 is 0. The number of hydrogen-bond acceptors (Lipinski definition) is 1. The van der Waals surface area contributed by atoms with Crippen LogP contribution in [0.25, 0.3) is 0 Å². The third kappa shape index (κ3) is 2.28. The van der Waals surface area contributed by atoms with Crippen molar-refractivity contribution in [2.45, 2.75) is 54.4 Å². The van der Waals surface area contributed by atoms with Crippen LogP contribution < -0.4 is 0 Å². The van der Waals surface area contributed by atoms with Crippen LogP contribution in [-0.2, 0) is 4.79 Å². The van der Waals surface area contributed by atoms with Gasteiger partial charge < -0.3 is 0 Å². The number of ketones is 1. The van der Waals surface area contributed by atoms with E-state index in [0.717, 1.165) is 18.4 Å². The fraction of sp³-hybridized carbons (Fsp3) is 0.667. The van der Waals surface area contributed by atoms with E-state index >= 15 is 0 Å². The first-order valence-electron chi connectivity index (χ1n) is 6.14. The lowest BCUT2D eigenvalue weighted by Crippen LogP contribution is -2.35. The first-order valence-corrected chi connectivity index (χ1v) is 6.14. The van der Waals surface area contributed by atoms with Gasteiger partial charge in [-0.2, -0.15) is 0 Å². The molecule has 16 heavy (non-hydrogen) atoms. The van der Waals surface area contributed by atoms with Crippen LogP contribution in [0.1, 0.15) is 54.4 Å². The third-order valence-electron chi connectivity index (χ3n) is 4.12. The van der Waals surface area contributed by atoms with Crippen molar-refractivity contribution in [1.29, 1.82) is 0 Å². The fourth-order valence-electron chi connectivity index (χ4n) is 2.61. The van der Waals surface area contributed by atoms with E-state index in [-0.39, 0.29) is 11.3 Å². The molecule has 1 rings (SSSR count). The van der Waals surface area contributed by atoms with Crippen LogP contribution in [0.5, 0.6) is 0 Å². The number of hydrogen-bond donors (Lipinski definition) is 0. The van der Waals surface area contributed by atoms with Crippen LogP contribution in [0.15, 0.2) is 22.8 Å². The molecule has 0 aromatic heterocycles. The maximum Gasteiger partial charge on any atom is 0.165 e. The van der Waals surface area contributed by atoms with E-state index in [9.17, 15) is 4.79 Å². The van der Waals surface area contributed by atoms with Crippen molar-refractivity contribution in [3.05, 3.63) is 22.8 Å². The lowest BCUT2D eigenvalue weighted by molar-refractivity contribution is -0.121. The molecular formula is C15H24O. The molecule has 0 amide bonds. The highest BCUT2D eigenvalue weighted by Gasteiger charge is 2.39. The van der Waals surface area contributed by atoms with Crippen molar-refractivity contribution in [1.82, 2.24) is 0 Å². The summed E-state index contributed by atoms with van der Waals surface area (Å²) < 4.78 is 0. The molecule has 0 spiro atoms. The Bertz CT molecular complexity index is 356. The van der Waals surface area contributed by atoms with E-state index < -0.39 is 0 Å². The van der Waals surface area contributed by atoms with Crippen LogP contribution in [0.2, 0.25) is 0 Å². The molecule has 0 aromatic carbocycles. The van der Waals surface area contributed by atoms with E-state index in [2.05, 4.69) is 27.7 Å². The Kier molecular flexibility index (Phi) is 3.77. The van der Waals surface area contributed by atoms with Gasteiger partial charge in [-0.25, -0.2) is 0 Å². The molecule has 1 heteroatoms. The van der Waals surface area contributed by atoms with E-state index in [1.165, 1.54) is 11.1 Å². The smallest absolute Gasteiger partial charge is 0.165 e. The molecule has 0 aromatic rings. The van der Waals surface area contributed by atoms with Gasteiger partial charge in [0.1, 0.15) is 0 Å². The monoisotopic (exact) mass is 220 g/mol. The summed E-state index contributed by atoms with van der Waals surface area (Å²) in [4.78, 5) is 12.4. The number of Topliss-reactive ketones (excluding diaryl/α,β-unsaturated/α-hetero) is 1. The molecular weight excluding hydrogens is 196 g/mol. The van der Waals surface area contributed by atoms with Gasteiger partial charge in [0.05, 0.1) is 0 Å². The molecule has 1 atom stereocenters. The second-order valence-corrected chi connectivity index (χ2v) is 5.72. The van der Waals surface area contributed by atoms with Gasteiger partial charge in [0, 0.05) is 5.92 Å². The Morgan fingerprint density at radius 2 is 1.94 bits per heavy atom. The molecule has 0 saturated carbocycles. The minimum atomic E-state index is 0.0810. The second kappa shape index (κ2) is 4.57. The van der Waals surface area contributed by atoms with Crippen LogP contribution >= 0.6 is 0 Å². The first kappa shape index (κ1) is 13.2. The zero-order chi connectivity index (χ0) is 12.5. The van der Waals surface area contributed by atoms with Gasteiger partial charge in [0.2, 0.25) is 0 Å². The Labute approximate surface area is 99.6 Å². The topological polar surface area (TPSA) is 17.1 Å². The van der Waals surface area contributed by atoms with Crippen molar-refractivity contribution in [2.75, 3.05) is 0 Å². The number of carbonyl (C=O) groups is 1. The number of rotatable bonds is 2. The molecule has 1 aliphatic rings. The van der Waals surface area contributed by atoms with Crippen LogP contribution in [0, 0.1) is 11.3 Å². The SMILES string of the molecule is CC=C(C)C(=O)C1C(C)=C(C)CCC1(C)C. The molecule has 0 radical (unpaired) electrons. The predicted octanol–water partition coefficient (Wildman–Crippen LogP) is 4.29. The average Bonchev–Trinajstić information content (AvgIpc) is 2.22. The summed E-state index contributed by atoms with van der Waals surface area (Å²) in [5, 5.41) is 0. The quantitative estimate of drug-likeness (QED) is 0.501. The fourth-order valence-corrected chi connectivity index (χ4v) is 2.61. The Morgan fingerprint density at radius 1 is 1.38 bits per heavy atom.